The number of halogens is 1. The molecular weight excluding hydrogens is 302 g/mol. The van der Waals surface area contributed by atoms with E-state index in [0.717, 1.165) is 27.7 Å². The molecule has 0 fully saturated rings. The lowest BCUT2D eigenvalue weighted by molar-refractivity contribution is 0.821. The molecule has 1 N–H and O–H groups in total. The van der Waals surface area contributed by atoms with Gasteiger partial charge >= 0.3 is 0 Å². The predicted octanol–water partition coefficient (Wildman–Crippen LogP) is 3.51. The highest BCUT2D eigenvalue weighted by Gasteiger charge is 2.09. The molecule has 0 spiro atoms. The third kappa shape index (κ3) is 2.29. The summed E-state index contributed by atoms with van der Waals surface area (Å²) in [6.07, 6.45) is 1.88. The fourth-order valence-electron chi connectivity index (χ4n) is 2.27. The monoisotopic (exact) mass is 315 g/mol. The summed E-state index contributed by atoms with van der Waals surface area (Å²) in [6.45, 7) is 0.807. The molecule has 3 nitrogen and oxygen atoms in total. The Kier molecular flexibility index (Phi) is 3.36. The molecule has 3 aromatic rings. The normalized spacial score (nSPS) is 11.1. The number of aromatic nitrogens is 2. The summed E-state index contributed by atoms with van der Waals surface area (Å²) in [5.74, 6) is 0. The van der Waals surface area contributed by atoms with E-state index in [2.05, 4.69) is 55.1 Å². The molecule has 4 heteroatoms. The molecule has 1 aromatic heterocycles. The first kappa shape index (κ1) is 12.4. The molecule has 0 aliphatic heterocycles. The number of hydrogen-bond donors (Lipinski definition) is 1. The van der Waals surface area contributed by atoms with Gasteiger partial charge in [0.1, 0.15) is 6.33 Å². The average molecular weight is 316 g/mol. The molecule has 0 aliphatic carbocycles. The second kappa shape index (κ2) is 5.15. The lowest BCUT2D eigenvalue weighted by Gasteiger charge is -2.06. The van der Waals surface area contributed by atoms with Crippen molar-refractivity contribution in [1.29, 1.82) is 0 Å². The van der Waals surface area contributed by atoms with Crippen LogP contribution in [0.3, 0.4) is 0 Å². The van der Waals surface area contributed by atoms with Gasteiger partial charge in [0.15, 0.2) is 0 Å². The van der Waals surface area contributed by atoms with Crippen molar-refractivity contribution in [2.24, 2.45) is 0 Å². The number of imidazole rings is 1. The molecule has 0 aliphatic rings. The van der Waals surface area contributed by atoms with Crippen molar-refractivity contribution in [3.05, 3.63) is 58.8 Å². The maximum atomic E-state index is 4.56. The van der Waals surface area contributed by atoms with Crippen LogP contribution < -0.4 is 5.32 Å². The zero-order chi connectivity index (χ0) is 13.2. The highest BCUT2D eigenvalue weighted by molar-refractivity contribution is 9.10. The number of hydrogen-bond acceptors (Lipinski definition) is 2. The Morgan fingerprint density at radius 3 is 2.74 bits per heavy atom. The lowest BCUT2D eigenvalue weighted by Crippen LogP contribution is -2.05. The molecule has 1 heterocycles. The molecule has 19 heavy (non-hydrogen) atoms. The Hall–Kier alpha value is -1.65. The number of nitrogens with zero attached hydrogens (tertiary/aromatic N) is 2. The lowest BCUT2D eigenvalue weighted by atomic mass is 10.2. The van der Waals surface area contributed by atoms with Gasteiger partial charge in [0, 0.05) is 16.7 Å². The zero-order valence-corrected chi connectivity index (χ0v) is 12.2. The van der Waals surface area contributed by atoms with Crippen LogP contribution >= 0.6 is 15.9 Å². The smallest absolute Gasteiger partial charge is 0.100 e. The first-order valence-electron chi connectivity index (χ1n) is 6.15. The summed E-state index contributed by atoms with van der Waals surface area (Å²) in [6, 6.07) is 14.5. The summed E-state index contributed by atoms with van der Waals surface area (Å²) in [5.41, 5.74) is 4.48. The SMILES string of the molecule is CNCc1cc(Br)cc2c1ncn2-c1ccccc1. The van der Waals surface area contributed by atoms with Gasteiger partial charge in [-0.05, 0) is 36.9 Å². The van der Waals surface area contributed by atoms with Gasteiger partial charge in [0.2, 0.25) is 0 Å². The van der Waals surface area contributed by atoms with Crippen molar-refractivity contribution in [3.8, 4) is 5.69 Å². The molecule has 0 bridgehead atoms. The van der Waals surface area contributed by atoms with Crippen molar-refractivity contribution in [1.82, 2.24) is 14.9 Å². The van der Waals surface area contributed by atoms with Crippen molar-refractivity contribution in [3.63, 3.8) is 0 Å². The first-order valence-corrected chi connectivity index (χ1v) is 6.94. The van der Waals surface area contributed by atoms with Gasteiger partial charge in [0.25, 0.3) is 0 Å². The van der Waals surface area contributed by atoms with Crippen LogP contribution in [0.1, 0.15) is 5.56 Å². The standard InChI is InChI=1S/C15H14BrN3/c1-17-9-11-7-12(16)8-14-15(11)18-10-19(14)13-5-3-2-4-6-13/h2-8,10,17H,9H2,1H3. The van der Waals surface area contributed by atoms with E-state index >= 15 is 0 Å². The van der Waals surface area contributed by atoms with Crippen molar-refractivity contribution in [2.75, 3.05) is 7.05 Å². The summed E-state index contributed by atoms with van der Waals surface area (Å²) in [4.78, 5) is 4.56. The van der Waals surface area contributed by atoms with Gasteiger partial charge in [-0.2, -0.15) is 0 Å². The topological polar surface area (TPSA) is 29.9 Å². The Bertz CT molecular complexity index is 704. The second-order valence-electron chi connectivity index (χ2n) is 4.41. The summed E-state index contributed by atoms with van der Waals surface area (Å²) in [7, 11) is 1.95. The number of fused-ring (bicyclic) bond motifs is 1. The van der Waals surface area contributed by atoms with Gasteiger partial charge in [-0.25, -0.2) is 4.98 Å². The third-order valence-electron chi connectivity index (χ3n) is 3.10. The number of benzene rings is 2. The molecule has 0 atom stereocenters. The summed E-state index contributed by atoms with van der Waals surface area (Å²) >= 11 is 3.58. The number of para-hydroxylation sites is 1. The summed E-state index contributed by atoms with van der Waals surface area (Å²) in [5, 5.41) is 3.18. The maximum Gasteiger partial charge on any atom is 0.100 e. The largest absolute Gasteiger partial charge is 0.316 e. The van der Waals surface area contributed by atoms with E-state index < -0.39 is 0 Å². The molecule has 0 amide bonds. The quantitative estimate of drug-likeness (QED) is 0.801. The van der Waals surface area contributed by atoms with Crippen LogP contribution in [0.5, 0.6) is 0 Å². The molecule has 3 rings (SSSR count). The Balaban J connectivity index is 2.23. The van der Waals surface area contributed by atoms with Gasteiger partial charge in [-0.3, -0.25) is 4.57 Å². The van der Waals surface area contributed by atoms with Crippen LogP contribution in [0.25, 0.3) is 16.7 Å². The van der Waals surface area contributed by atoms with E-state index in [9.17, 15) is 0 Å². The fourth-order valence-corrected chi connectivity index (χ4v) is 2.76. The van der Waals surface area contributed by atoms with Gasteiger partial charge in [0.05, 0.1) is 11.0 Å². The molecule has 0 saturated carbocycles. The van der Waals surface area contributed by atoms with E-state index in [1.165, 1.54) is 5.56 Å². The van der Waals surface area contributed by atoms with Crippen molar-refractivity contribution >= 4 is 27.0 Å². The molecule has 2 aromatic carbocycles. The van der Waals surface area contributed by atoms with E-state index in [4.69, 9.17) is 0 Å². The Morgan fingerprint density at radius 2 is 2.00 bits per heavy atom. The fraction of sp³-hybridized carbons (Fsp3) is 0.133. The van der Waals surface area contributed by atoms with E-state index in [1.54, 1.807) is 0 Å². The first-order chi connectivity index (χ1) is 9.29. The molecule has 0 radical (unpaired) electrons. The maximum absolute atomic E-state index is 4.56. The van der Waals surface area contributed by atoms with Gasteiger partial charge < -0.3 is 5.32 Å². The molecular formula is C15H14BrN3. The van der Waals surface area contributed by atoms with Crippen LogP contribution in [0.15, 0.2) is 53.3 Å². The van der Waals surface area contributed by atoms with Crippen LogP contribution in [-0.2, 0) is 6.54 Å². The molecule has 0 saturated heterocycles. The summed E-state index contributed by atoms with van der Waals surface area (Å²) < 4.78 is 3.18. The highest BCUT2D eigenvalue weighted by Crippen LogP contribution is 2.25. The minimum absolute atomic E-state index is 0.807. The highest BCUT2D eigenvalue weighted by atomic mass is 79.9. The van der Waals surface area contributed by atoms with E-state index in [1.807, 2.05) is 31.6 Å². The predicted molar refractivity (Wildman–Crippen MR) is 81.5 cm³/mol. The average Bonchev–Trinajstić information content (AvgIpc) is 2.84. The van der Waals surface area contributed by atoms with Gasteiger partial charge in [-0.15, -0.1) is 0 Å². The van der Waals surface area contributed by atoms with Crippen LogP contribution in [0, 0.1) is 0 Å². The van der Waals surface area contributed by atoms with Crippen LogP contribution in [-0.4, -0.2) is 16.6 Å². The third-order valence-corrected chi connectivity index (χ3v) is 3.55. The molecule has 0 unspecified atom stereocenters. The zero-order valence-electron chi connectivity index (χ0n) is 10.6. The Morgan fingerprint density at radius 1 is 1.21 bits per heavy atom. The minimum Gasteiger partial charge on any atom is -0.316 e. The van der Waals surface area contributed by atoms with Crippen LogP contribution in [0.2, 0.25) is 0 Å². The number of nitrogens with one attached hydrogen (secondary N) is 1. The Labute approximate surface area is 120 Å². The van der Waals surface area contributed by atoms with E-state index in [0.29, 0.717) is 0 Å². The van der Waals surface area contributed by atoms with E-state index in [-0.39, 0.29) is 0 Å². The molecule has 96 valence electrons. The minimum atomic E-state index is 0.807. The second-order valence-corrected chi connectivity index (χ2v) is 5.33. The van der Waals surface area contributed by atoms with Crippen molar-refractivity contribution < 1.29 is 0 Å². The number of rotatable bonds is 3. The van der Waals surface area contributed by atoms with Gasteiger partial charge in [-0.1, -0.05) is 34.1 Å². The van der Waals surface area contributed by atoms with Crippen LogP contribution in [0.4, 0.5) is 0 Å². The van der Waals surface area contributed by atoms with Crippen molar-refractivity contribution in [2.45, 2.75) is 6.54 Å².